The van der Waals surface area contributed by atoms with Crippen molar-refractivity contribution in [2.45, 2.75) is 31.5 Å². The van der Waals surface area contributed by atoms with E-state index in [1.165, 1.54) is 11.8 Å². The molecule has 30 heavy (non-hydrogen) atoms. The smallest absolute Gasteiger partial charge is 0.250 e. The molecule has 0 saturated carbocycles. The van der Waals surface area contributed by atoms with Crippen molar-refractivity contribution in [3.8, 4) is 5.69 Å². The second kappa shape index (κ2) is 7.77. The van der Waals surface area contributed by atoms with E-state index in [1.807, 2.05) is 43.3 Å². The maximum atomic E-state index is 13.2. The van der Waals surface area contributed by atoms with Crippen LogP contribution in [0.25, 0.3) is 5.69 Å². The van der Waals surface area contributed by atoms with Gasteiger partial charge in [-0.2, -0.15) is 0 Å². The van der Waals surface area contributed by atoms with Crippen LogP contribution in [-0.4, -0.2) is 37.9 Å². The summed E-state index contributed by atoms with van der Waals surface area (Å²) >= 11 is 7.51. The number of nitrogens with one attached hydrogen (secondary N) is 1. The van der Waals surface area contributed by atoms with Gasteiger partial charge >= 0.3 is 0 Å². The van der Waals surface area contributed by atoms with Crippen LogP contribution in [0.1, 0.15) is 19.4 Å². The van der Waals surface area contributed by atoms with E-state index in [0.717, 1.165) is 11.3 Å². The van der Waals surface area contributed by atoms with Crippen molar-refractivity contribution in [1.29, 1.82) is 0 Å². The summed E-state index contributed by atoms with van der Waals surface area (Å²) in [5, 5.41) is 12.2. The third kappa shape index (κ3) is 3.57. The Hall–Kier alpha value is -2.84. The molecule has 1 N–H and O–H groups in total. The van der Waals surface area contributed by atoms with Gasteiger partial charge in [0.15, 0.2) is 5.16 Å². The first kappa shape index (κ1) is 20.4. The van der Waals surface area contributed by atoms with Crippen molar-refractivity contribution >= 4 is 46.6 Å². The molecule has 4 rings (SSSR count). The van der Waals surface area contributed by atoms with E-state index in [2.05, 4.69) is 15.5 Å². The number of para-hydroxylation sites is 2. The fourth-order valence-electron chi connectivity index (χ4n) is 3.32. The highest BCUT2D eigenvalue weighted by Gasteiger charge is 2.43. The summed E-state index contributed by atoms with van der Waals surface area (Å²) in [5.74, 6) is -0.315. The molecule has 1 aliphatic heterocycles. The Labute approximate surface area is 183 Å². The van der Waals surface area contributed by atoms with Gasteiger partial charge in [-0.1, -0.05) is 41.6 Å². The Morgan fingerprint density at radius 2 is 2.00 bits per heavy atom. The molecule has 0 fully saturated rings. The Morgan fingerprint density at radius 1 is 1.23 bits per heavy atom. The number of nitrogens with zero attached hydrogens (tertiary/aromatic N) is 4. The lowest BCUT2D eigenvalue weighted by atomic mass is 9.96. The van der Waals surface area contributed by atoms with Crippen molar-refractivity contribution in [2.24, 2.45) is 0 Å². The first-order valence-electron chi connectivity index (χ1n) is 9.32. The highest BCUT2D eigenvalue weighted by atomic mass is 35.5. The summed E-state index contributed by atoms with van der Waals surface area (Å²) in [6.45, 7) is 5.40. The normalized spacial score (nSPS) is 14.9. The van der Waals surface area contributed by atoms with Crippen molar-refractivity contribution < 1.29 is 9.59 Å². The monoisotopic (exact) mass is 441 g/mol. The second-order valence-electron chi connectivity index (χ2n) is 7.47. The molecule has 1 aliphatic rings. The van der Waals surface area contributed by atoms with Crippen molar-refractivity contribution in [2.75, 3.05) is 16.0 Å². The topological polar surface area (TPSA) is 80.1 Å². The van der Waals surface area contributed by atoms with Crippen LogP contribution < -0.4 is 10.2 Å². The summed E-state index contributed by atoms with van der Waals surface area (Å²) in [6.07, 6.45) is 1.58. The highest BCUT2D eigenvalue weighted by Crippen LogP contribution is 2.37. The van der Waals surface area contributed by atoms with Crippen LogP contribution in [0.4, 0.5) is 11.4 Å². The Morgan fingerprint density at radius 3 is 2.77 bits per heavy atom. The molecule has 3 aromatic rings. The largest absolute Gasteiger partial charge is 0.322 e. The Balaban J connectivity index is 1.58. The Kier molecular flexibility index (Phi) is 5.29. The molecule has 9 heteroatoms. The summed E-state index contributed by atoms with van der Waals surface area (Å²) in [5.41, 5.74) is 2.08. The molecule has 0 bridgehead atoms. The van der Waals surface area contributed by atoms with E-state index in [-0.39, 0.29) is 17.6 Å². The number of aryl methyl sites for hydroxylation is 1. The van der Waals surface area contributed by atoms with Gasteiger partial charge in [-0.05, 0) is 50.6 Å². The number of benzene rings is 2. The number of fused-ring (bicyclic) bond motifs is 1. The van der Waals surface area contributed by atoms with Gasteiger partial charge in [0.05, 0.1) is 22.8 Å². The van der Waals surface area contributed by atoms with Gasteiger partial charge in [0.25, 0.3) is 0 Å². The molecular weight excluding hydrogens is 422 g/mol. The summed E-state index contributed by atoms with van der Waals surface area (Å²) in [4.78, 5) is 27.3. The number of thioether (sulfide) groups is 1. The number of anilines is 2. The van der Waals surface area contributed by atoms with Crippen molar-refractivity contribution in [3.05, 3.63) is 59.4 Å². The third-order valence-electron chi connectivity index (χ3n) is 5.03. The number of carbonyl (C=O) groups excluding carboxylic acids is 2. The molecule has 0 atom stereocenters. The van der Waals surface area contributed by atoms with E-state index in [4.69, 9.17) is 11.6 Å². The molecule has 7 nitrogen and oxygen atoms in total. The second-order valence-corrected chi connectivity index (χ2v) is 8.81. The van der Waals surface area contributed by atoms with Gasteiger partial charge in [-0.3, -0.25) is 19.1 Å². The van der Waals surface area contributed by atoms with Crippen LogP contribution >= 0.6 is 23.4 Å². The summed E-state index contributed by atoms with van der Waals surface area (Å²) in [6, 6.07) is 13.0. The fourth-order valence-corrected chi connectivity index (χ4v) is 4.27. The minimum Gasteiger partial charge on any atom is -0.322 e. The van der Waals surface area contributed by atoms with E-state index in [9.17, 15) is 9.59 Å². The van der Waals surface area contributed by atoms with Crippen LogP contribution in [0.5, 0.6) is 0 Å². The first-order valence-corrected chi connectivity index (χ1v) is 10.7. The average molecular weight is 442 g/mol. The van der Waals surface area contributed by atoms with Crippen LogP contribution in [-0.2, 0) is 9.59 Å². The van der Waals surface area contributed by atoms with Gasteiger partial charge in [-0.25, -0.2) is 0 Å². The molecule has 1 aromatic heterocycles. The predicted molar refractivity (Wildman–Crippen MR) is 118 cm³/mol. The zero-order valence-electron chi connectivity index (χ0n) is 16.7. The number of hydrogen-bond donors (Lipinski definition) is 1. The third-order valence-corrected chi connectivity index (χ3v) is 6.37. The molecular formula is C21H20ClN5O2S. The number of aromatic nitrogens is 3. The predicted octanol–water partition coefficient (Wildman–Crippen LogP) is 4.09. The number of hydrogen-bond acceptors (Lipinski definition) is 5. The standard InChI is InChI=1S/C21H20ClN5O2S/c1-13-8-9-14(10-15(13)22)26-12-23-25-20(26)30-11-18(28)27-17-7-5-4-6-16(17)24-19(29)21(27,2)3/h4-10,12H,11H2,1-3H3,(H,24,29). The van der Waals surface area contributed by atoms with E-state index in [1.54, 1.807) is 35.7 Å². The molecule has 0 spiro atoms. The minimum atomic E-state index is -1.01. The highest BCUT2D eigenvalue weighted by molar-refractivity contribution is 7.99. The molecule has 0 saturated heterocycles. The zero-order valence-corrected chi connectivity index (χ0v) is 18.3. The van der Waals surface area contributed by atoms with Crippen LogP contribution in [0, 0.1) is 6.92 Å². The average Bonchev–Trinajstić information content (AvgIpc) is 3.17. The number of carbonyl (C=O) groups is 2. The van der Waals surface area contributed by atoms with Gasteiger partial charge < -0.3 is 5.32 Å². The molecule has 2 aromatic carbocycles. The molecule has 154 valence electrons. The van der Waals surface area contributed by atoms with Gasteiger partial charge in [0.1, 0.15) is 11.9 Å². The lowest BCUT2D eigenvalue weighted by molar-refractivity contribution is -0.125. The quantitative estimate of drug-likeness (QED) is 0.617. The van der Waals surface area contributed by atoms with Crippen LogP contribution in [0.3, 0.4) is 0 Å². The molecule has 2 heterocycles. The van der Waals surface area contributed by atoms with Crippen molar-refractivity contribution in [3.63, 3.8) is 0 Å². The van der Waals surface area contributed by atoms with E-state index >= 15 is 0 Å². The van der Waals surface area contributed by atoms with Crippen LogP contribution in [0.2, 0.25) is 5.02 Å². The summed E-state index contributed by atoms with van der Waals surface area (Å²) < 4.78 is 1.78. The van der Waals surface area contributed by atoms with Gasteiger partial charge in [-0.15, -0.1) is 10.2 Å². The van der Waals surface area contributed by atoms with Gasteiger partial charge in [0.2, 0.25) is 11.8 Å². The number of halogens is 1. The minimum absolute atomic E-state index is 0.101. The van der Waals surface area contributed by atoms with Gasteiger partial charge in [0, 0.05) is 5.02 Å². The van der Waals surface area contributed by atoms with E-state index in [0.29, 0.717) is 21.6 Å². The number of amides is 2. The molecule has 0 radical (unpaired) electrons. The SMILES string of the molecule is Cc1ccc(-n2cnnc2SCC(=O)N2c3ccccc3NC(=O)C2(C)C)cc1Cl. The lowest BCUT2D eigenvalue weighted by Crippen LogP contribution is -2.59. The zero-order chi connectivity index (χ0) is 21.5. The molecule has 2 amide bonds. The first-order chi connectivity index (χ1) is 14.3. The lowest BCUT2D eigenvalue weighted by Gasteiger charge is -2.42. The molecule has 0 unspecified atom stereocenters. The fraction of sp³-hybridized carbons (Fsp3) is 0.238. The summed E-state index contributed by atoms with van der Waals surface area (Å²) in [7, 11) is 0. The Bertz CT molecular complexity index is 1140. The molecule has 0 aliphatic carbocycles. The maximum Gasteiger partial charge on any atom is 0.250 e. The van der Waals surface area contributed by atoms with Crippen LogP contribution in [0.15, 0.2) is 53.9 Å². The van der Waals surface area contributed by atoms with Crippen molar-refractivity contribution in [1.82, 2.24) is 14.8 Å². The number of rotatable bonds is 4. The maximum absolute atomic E-state index is 13.2. The van der Waals surface area contributed by atoms with E-state index < -0.39 is 5.54 Å².